The minimum Gasteiger partial charge on any atom is -0.356 e. The number of amides is 1. The lowest BCUT2D eigenvalue weighted by molar-refractivity contribution is 0.0827. The first-order valence-electron chi connectivity index (χ1n) is 9.66. The van der Waals surface area contributed by atoms with Crippen LogP contribution in [0.4, 0.5) is 0 Å². The number of pyridine rings is 1. The van der Waals surface area contributed by atoms with Gasteiger partial charge in [0.25, 0.3) is 5.91 Å². The number of rotatable bonds is 6. The highest BCUT2D eigenvalue weighted by Gasteiger charge is 2.08. The minimum atomic E-state index is 0. The van der Waals surface area contributed by atoms with Crippen molar-refractivity contribution in [3.8, 4) is 0 Å². The van der Waals surface area contributed by atoms with Gasteiger partial charge in [0.2, 0.25) is 0 Å². The number of halogens is 1. The summed E-state index contributed by atoms with van der Waals surface area (Å²) in [7, 11) is 5.27. The summed E-state index contributed by atoms with van der Waals surface area (Å²) < 4.78 is 2.08. The Morgan fingerprint density at radius 2 is 1.93 bits per heavy atom. The molecule has 0 fully saturated rings. The van der Waals surface area contributed by atoms with Crippen LogP contribution in [0.1, 0.15) is 27.3 Å². The number of aromatic nitrogens is 2. The molecule has 0 radical (unpaired) electrons. The van der Waals surface area contributed by atoms with Gasteiger partial charge in [0.05, 0.1) is 12.2 Å². The largest absolute Gasteiger partial charge is 0.356 e. The maximum Gasteiger partial charge on any atom is 0.253 e. The number of aliphatic imine (C=N–C) groups is 1. The zero-order chi connectivity index (χ0) is 20.8. The molecule has 0 bridgehead atoms. The monoisotopic (exact) mass is 520 g/mol. The smallest absolute Gasteiger partial charge is 0.253 e. The van der Waals surface area contributed by atoms with Gasteiger partial charge in [0.15, 0.2) is 5.96 Å². The Morgan fingerprint density at radius 1 is 1.17 bits per heavy atom. The van der Waals surface area contributed by atoms with Crippen LogP contribution in [0.2, 0.25) is 0 Å². The van der Waals surface area contributed by atoms with Gasteiger partial charge in [0.1, 0.15) is 5.65 Å². The van der Waals surface area contributed by atoms with Gasteiger partial charge in [-0.05, 0) is 43.2 Å². The van der Waals surface area contributed by atoms with Gasteiger partial charge < -0.3 is 19.9 Å². The molecule has 0 aliphatic rings. The summed E-state index contributed by atoms with van der Waals surface area (Å²) in [5, 5.41) is 6.61. The van der Waals surface area contributed by atoms with Crippen LogP contribution in [-0.2, 0) is 13.0 Å². The Kier molecular flexibility index (Phi) is 8.64. The molecule has 8 heteroatoms. The molecule has 1 aromatic carbocycles. The fourth-order valence-electron chi connectivity index (χ4n) is 3.12. The number of carbonyl (C=O) groups excluding carboxylic acids is 1. The third kappa shape index (κ3) is 5.94. The van der Waals surface area contributed by atoms with Gasteiger partial charge in [-0.15, -0.1) is 24.0 Å². The van der Waals surface area contributed by atoms with Crippen LogP contribution >= 0.6 is 24.0 Å². The third-order valence-corrected chi connectivity index (χ3v) is 4.69. The molecule has 0 aliphatic carbocycles. The zero-order valence-electron chi connectivity index (χ0n) is 17.8. The van der Waals surface area contributed by atoms with Crippen LogP contribution in [0.3, 0.4) is 0 Å². The molecule has 0 saturated carbocycles. The predicted octanol–water partition coefficient (Wildman–Crippen LogP) is 2.87. The number of imidazole rings is 1. The van der Waals surface area contributed by atoms with E-state index in [1.54, 1.807) is 26.0 Å². The Morgan fingerprint density at radius 3 is 2.63 bits per heavy atom. The van der Waals surface area contributed by atoms with Crippen LogP contribution < -0.4 is 10.6 Å². The second-order valence-corrected chi connectivity index (χ2v) is 7.13. The molecular formula is C22H29IN6O. The maximum atomic E-state index is 12.1. The Balaban J connectivity index is 0.00000320. The van der Waals surface area contributed by atoms with Gasteiger partial charge in [-0.3, -0.25) is 9.79 Å². The second kappa shape index (κ2) is 11.0. The van der Waals surface area contributed by atoms with Crippen LogP contribution in [0, 0.1) is 6.92 Å². The van der Waals surface area contributed by atoms with Crippen molar-refractivity contribution >= 4 is 41.5 Å². The summed E-state index contributed by atoms with van der Waals surface area (Å²) in [5.74, 6) is 0.735. The first-order valence-corrected chi connectivity index (χ1v) is 9.66. The van der Waals surface area contributed by atoms with Crippen molar-refractivity contribution in [1.82, 2.24) is 24.9 Å². The number of hydrogen-bond donors (Lipinski definition) is 2. The highest BCUT2D eigenvalue weighted by molar-refractivity contribution is 14.0. The van der Waals surface area contributed by atoms with E-state index in [0.29, 0.717) is 18.7 Å². The van der Waals surface area contributed by atoms with Crippen LogP contribution in [-0.4, -0.2) is 53.8 Å². The summed E-state index contributed by atoms with van der Waals surface area (Å²) in [4.78, 5) is 22.6. The highest BCUT2D eigenvalue weighted by Crippen LogP contribution is 2.09. The molecule has 0 spiro atoms. The maximum absolute atomic E-state index is 12.1. The van der Waals surface area contributed by atoms with E-state index in [2.05, 4.69) is 38.0 Å². The first-order chi connectivity index (χ1) is 14.0. The lowest BCUT2D eigenvalue weighted by Gasteiger charge is -2.13. The molecule has 2 heterocycles. The average molecular weight is 520 g/mol. The fraction of sp³-hybridized carbons (Fsp3) is 0.318. The quantitative estimate of drug-likeness (QED) is 0.298. The van der Waals surface area contributed by atoms with Crippen molar-refractivity contribution in [1.29, 1.82) is 0 Å². The van der Waals surface area contributed by atoms with Gasteiger partial charge in [-0.2, -0.15) is 0 Å². The number of guanidine groups is 1. The number of hydrogen-bond acceptors (Lipinski definition) is 3. The predicted molar refractivity (Wildman–Crippen MR) is 132 cm³/mol. The molecule has 1 amide bonds. The van der Waals surface area contributed by atoms with Crippen LogP contribution in [0.5, 0.6) is 0 Å². The molecule has 0 aliphatic heterocycles. The van der Waals surface area contributed by atoms with E-state index in [1.165, 1.54) is 0 Å². The Labute approximate surface area is 194 Å². The van der Waals surface area contributed by atoms with Gasteiger partial charge in [-0.1, -0.05) is 18.2 Å². The molecule has 2 aromatic heterocycles. The van der Waals surface area contributed by atoms with Crippen molar-refractivity contribution < 1.29 is 4.79 Å². The molecule has 0 atom stereocenters. The minimum absolute atomic E-state index is 0. The van der Waals surface area contributed by atoms with Crippen LogP contribution in [0.25, 0.3) is 5.65 Å². The Bertz CT molecular complexity index is 1030. The molecule has 0 unspecified atom stereocenters. The fourth-order valence-corrected chi connectivity index (χ4v) is 3.12. The third-order valence-electron chi connectivity index (χ3n) is 4.69. The number of benzene rings is 1. The lowest BCUT2D eigenvalue weighted by Crippen LogP contribution is -2.37. The van der Waals surface area contributed by atoms with E-state index >= 15 is 0 Å². The summed E-state index contributed by atoms with van der Waals surface area (Å²) in [6.45, 7) is 3.37. The van der Waals surface area contributed by atoms with Gasteiger partial charge >= 0.3 is 0 Å². The van der Waals surface area contributed by atoms with E-state index in [9.17, 15) is 4.79 Å². The first kappa shape index (κ1) is 23.7. The second-order valence-electron chi connectivity index (χ2n) is 7.13. The van der Waals surface area contributed by atoms with E-state index in [0.717, 1.165) is 35.0 Å². The van der Waals surface area contributed by atoms with Crippen molar-refractivity contribution in [2.75, 3.05) is 27.7 Å². The van der Waals surface area contributed by atoms with Crippen molar-refractivity contribution in [3.63, 3.8) is 0 Å². The zero-order valence-corrected chi connectivity index (χ0v) is 20.2. The standard InChI is InChI=1S/C22H28N6O.HI/c1-16-7-5-10-20-26-19(15-28(16)20)14-25-22(23-2)24-12-11-17-8-6-9-18(13-17)21(29)27(3)4;/h5-10,13,15H,11-12,14H2,1-4H3,(H2,23,24,25);1H. The summed E-state index contributed by atoms with van der Waals surface area (Å²) >= 11 is 0. The van der Waals surface area contributed by atoms with E-state index in [-0.39, 0.29) is 29.9 Å². The SMILES string of the molecule is CN=C(NCCc1cccc(C(=O)N(C)C)c1)NCc1cn2c(C)cccc2n1.I. The number of fused-ring (bicyclic) bond motifs is 1. The molecule has 7 nitrogen and oxygen atoms in total. The highest BCUT2D eigenvalue weighted by atomic mass is 127. The van der Waals surface area contributed by atoms with E-state index < -0.39 is 0 Å². The lowest BCUT2D eigenvalue weighted by atomic mass is 10.1. The van der Waals surface area contributed by atoms with E-state index in [1.807, 2.05) is 42.6 Å². The molecule has 160 valence electrons. The molecule has 30 heavy (non-hydrogen) atoms. The average Bonchev–Trinajstić information content (AvgIpc) is 3.14. The molecule has 2 N–H and O–H groups in total. The number of nitrogens with one attached hydrogen (secondary N) is 2. The summed E-state index contributed by atoms with van der Waals surface area (Å²) in [6, 6.07) is 13.8. The Hall–Kier alpha value is -2.62. The van der Waals surface area contributed by atoms with Crippen molar-refractivity contribution in [3.05, 3.63) is 71.2 Å². The molecule has 3 rings (SSSR count). The summed E-state index contributed by atoms with van der Waals surface area (Å²) in [5.41, 5.74) is 4.86. The van der Waals surface area contributed by atoms with Crippen LogP contribution in [0.15, 0.2) is 53.7 Å². The number of aryl methyl sites for hydroxylation is 1. The number of nitrogens with zero attached hydrogens (tertiary/aromatic N) is 4. The number of carbonyl (C=O) groups is 1. The van der Waals surface area contributed by atoms with Gasteiger partial charge in [-0.25, -0.2) is 4.98 Å². The topological polar surface area (TPSA) is 74.0 Å². The van der Waals surface area contributed by atoms with E-state index in [4.69, 9.17) is 0 Å². The molecule has 3 aromatic rings. The molecule has 0 saturated heterocycles. The normalized spacial score (nSPS) is 11.1. The summed E-state index contributed by atoms with van der Waals surface area (Å²) in [6.07, 6.45) is 2.83. The molecular weight excluding hydrogens is 491 g/mol. The van der Waals surface area contributed by atoms with Gasteiger partial charge in [0, 0.05) is 45.1 Å². The van der Waals surface area contributed by atoms with Crippen molar-refractivity contribution in [2.45, 2.75) is 19.9 Å². The van der Waals surface area contributed by atoms with Crippen molar-refractivity contribution in [2.24, 2.45) is 4.99 Å².